The summed E-state index contributed by atoms with van der Waals surface area (Å²) in [4.78, 5) is 33.0. The van der Waals surface area contributed by atoms with Crippen LogP contribution in [0.1, 0.15) is 44.0 Å². The Morgan fingerprint density at radius 1 is 1.31 bits per heavy atom. The molecule has 32 heavy (non-hydrogen) atoms. The van der Waals surface area contributed by atoms with Gasteiger partial charge < -0.3 is 10.1 Å². The highest BCUT2D eigenvalue weighted by atomic mass is 127. The third kappa shape index (κ3) is 4.73. The van der Waals surface area contributed by atoms with E-state index < -0.39 is 23.6 Å². The normalized spacial score (nSPS) is 16.4. The Morgan fingerprint density at radius 3 is 2.81 bits per heavy atom. The van der Waals surface area contributed by atoms with E-state index in [9.17, 15) is 14.0 Å². The number of aromatic nitrogens is 1. The van der Waals surface area contributed by atoms with Crippen LogP contribution in [-0.4, -0.2) is 39.9 Å². The number of amides is 1. The molecule has 1 aromatic carbocycles. The Labute approximate surface area is 203 Å². The summed E-state index contributed by atoms with van der Waals surface area (Å²) in [5.74, 6) is -0.599. The van der Waals surface area contributed by atoms with E-state index in [-0.39, 0.29) is 11.5 Å². The van der Waals surface area contributed by atoms with Gasteiger partial charge in [0.05, 0.1) is 17.3 Å². The summed E-state index contributed by atoms with van der Waals surface area (Å²) in [7, 11) is 0. The molecule has 4 rings (SSSR count). The van der Waals surface area contributed by atoms with Gasteiger partial charge in [-0.3, -0.25) is 9.69 Å². The van der Waals surface area contributed by atoms with Gasteiger partial charge >= 0.3 is 6.09 Å². The molecule has 3 heterocycles. The minimum atomic E-state index is -0.651. The number of nitrogens with one attached hydrogen (secondary N) is 1. The molecule has 168 valence electrons. The summed E-state index contributed by atoms with van der Waals surface area (Å²) < 4.78 is 20.8. The Morgan fingerprint density at radius 2 is 2.09 bits per heavy atom. The Balaban J connectivity index is 1.72. The van der Waals surface area contributed by atoms with Crippen LogP contribution in [0.5, 0.6) is 0 Å². The molecule has 2 aromatic heterocycles. The maximum atomic E-state index is 14.5. The monoisotopic (exact) mass is 567 g/mol. The zero-order valence-electron chi connectivity index (χ0n) is 17.9. The molecule has 0 bridgehead atoms. The topological polar surface area (TPSA) is 71.5 Å². The zero-order valence-corrected chi connectivity index (χ0v) is 20.9. The predicted octanol–water partition coefficient (Wildman–Crippen LogP) is 6.37. The second kappa shape index (κ2) is 8.93. The summed E-state index contributed by atoms with van der Waals surface area (Å²) >= 11 is 3.34. The van der Waals surface area contributed by atoms with Crippen LogP contribution in [-0.2, 0) is 4.74 Å². The molecule has 0 radical (unpaired) electrons. The second-order valence-electron chi connectivity index (χ2n) is 8.61. The maximum Gasteiger partial charge on any atom is 0.410 e. The van der Waals surface area contributed by atoms with Crippen LogP contribution in [0.4, 0.5) is 19.9 Å². The van der Waals surface area contributed by atoms with Gasteiger partial charge in [0, 0.05) is 21.7 Å². The van der Waals surface area contributed by atoms with E-state index in [1.165, 1.54) is 22.3 Å². The van der Waals surface area contributed by atoms with Gasteiger partial charge in [0.1, 0.15) is 21.2 Å². The molecule has 1 amide bonds. The maximum absolute atomic E-state index is 14.5. The summed E-state index contributed by atoms with van der Waals surface area (Å²) in [6.07, 6.45) is 2.42. The largest absolute Gasteiger partial charge is 0.444 e. The summed E-state index contributed by atoms with van der Waals surface area (Å²) in [6, 6.07) is 7.82. The molecule has 0 aliphatic carbocycles. The van der Waals surface area contributed by atoms with E-state index in [2.05, 4.69) is 10.3 Å². The van der Waals surface area contributed by atoms with Crippen LogP contribution in [0.3, 0.4) is 0 Å². The molecule has 1 saturated heterocycles. The summed E-state index contributed by atoms with van der Waals surface area (Å²) in [5.41, 5.74) is 0.0550. The van der Waals surface area contributed by atoms with Crippen LogP contribution in [0.25, 0.3) is 10.2 Å². The number of carbonyl (C=O) groups excluding carboxylic acids is 2. The number of hydrogen-bond donors (Lipinski definition) is 1. The highest BCUT2D eigenvalue weighted by Crippen LogP contribution is 2.39. The molecule has 0 spiro atoms. The highest BCUT2D eigenvalue weighted by Gasteiger charge is 2.39. The first kappa shape index (κ1) is 22.9. The number of rotatable bonds is 4. The van der Waals surface area contributed by atoms with Crippen LogP contribution in [0.15, 0.2) is 36.5 Å². The lowest BCUT2D eigenvalue weighted by molar-refractivity contribution is 0.0223. The highest BCUT2D eigenvalue weighted by molar-refractivity contribution is 14.1. The zero-order chi connectivity index (χ0) is 23.0. The molecular formula is C23H23FIN3O3S. The molecule has 6 nitrogen and oxygen atoms in total. The number of Topliss-reactive ketones (excluding diaryl/α,β-unsaturated/α-hetero) is 1. The van der Waals surface area contributed by atoms with Crippen molar-refractivity contribution in [1.82, 2.24) is 9.88 Å². The standard InChI is InChI=1S/C23H23FIN3O3S/c1-23(2,3)31-22(30)28-11-5-7-17(28)19(29)18-14-6-4-10-26-20(14)32-21(18)27-16-9-8-13(25)12-15(16)24/h4,6,8-10,12,17,27H,5,7,11H2,1-3H3. The van der Waals surface area contributed by atoms with Crippen molar-refractivity contribution in [2.75, 3.05) is 11.9 Å². The Kier molecular flexibility index (Phi) is 6.39. The molecular weight excluding hydrogens is 544 g/mol. The number of ether oxygens (including phenoxy) is 1. The van der Waals surface area contributed by atoms with Crippen molar-refractivity contribution in [2.24, 2.45) is 0 Å². The van der Waals surface area contributed by atoms with E-state index in [1.807, 2.05) is 28.7 Å². The lowest BCUT2D eigenvalue weighted by Gasteiger charge is -2.28. The number of likely N-dealkylation sites (tertiary alicyclic amines) is 1. The number of ketones is 1. The van der Waals surface area contributed by atoms with Crippen molar-refractivity contribution in [2.45, 2.75) is 45.3 Å². The Bertz CT molecular complexity index is 1190. The molecule has 3 aromatic rings. The molecule has 1 unspecified atom stereocenters. The fourth-order valence-corrected chi connectivity index (χ4v) is 5.24. The number of nitrogens with zero attached hydrogens (tertiary/aromatic N) is 2. The molecule has 1 aliphatic heterocycles. The quantitative estimate of drug-likeness (QED) is 0.293. The number of hydrogen-bond acceptors (Lipinski definition) is 6. The average molecular weight is 567 g/mol. The molecule has 1 atom stereocenters. The minimum absolute atomic E-state index is 0.193. The number of carbonyl (C=O) groups is 2. The average Bonchev–Trinajstić information content (AvgIpc) is 3.33. The molecule has 9 heteroatoms. The first-order valence-electron chi connectivity index (χ1n) is 10.3. The van der Waals surface area contributed by atoms with E-state index in [0.29, 0.717) is 40.2 Å². The van der Waals surface area contributed by atoms with Crippen molar-refractivity contribution < 1.29 is 18.7 Å². The van der Waals surface area contributed by atoms with Crippen LogP contribution in [0.2, 0.25) is 0 Å². The van der Waals surface area contributed by atoms with Gasteiger partial charge in [-0.1, -0.05) is 11.3 Å². The van der Waals surface area contributed by atoms with Gasteiger partial charge in [-0.2, -0.15) is 0 Å². The van der Waals surface area contributed by atoms with E-state index in [4.69, 9.17) is 4.74 Å². The number of halogens is 2. The van der Waals surface area contributed by atoms with Crippen LogP contribution < -0.4 is 5.32 Å². The van der Waals surface area contributed by atoms with Gasteiger partial charge in [-0.05, 0) is 86.5 Å². The third-order valence-electron chi connectivity index (χ3n) is 5.08. The first-order chi connectivity index (χ1) is 15.1. The molecule has 1 N–H and O–H groups in total. The molecule has 1 aliphatic rings. The van der Waals surface area contributed by atoms with E-state index in [0.717, 1.165) is 3.57 Å². The fourth-order valence-electron chi connectivity index (χ4n) is 3.72. The number of anilines is 2. The molecule has 0 saturated carbocycles. The van der Waals surface area contributed by atoms with E-state index >= 15 is 0 Å². The number of fused-ring (bicyclic) bond motifs is 1. The van der Waals surface area contributed by atoms with E-state index in [1.54, 1.807) is 45.2 Å². The SMILES string of the molecule is CC(C)(C)OC(=O)N1CCCC1C(=O)c1c(Nc2ccc(I)cc2F)sc2ncccc12. The van der Waals surface area contributed by atoms with Crippen molar-refractivity contribution in [3.63, 3.8) is 0 Å². The Hall–Kier alpha value is -2.27. The smallest absolute Gasteiger partial charge is 0.410 e. The lowest BCUT2D eigenvalue weighted by atomic mass is 10.0. The van der Waals surface area contributed by atoms with Gasteiger partial charge in [0.25, 0.3) is 0 Å². The van der Waals surface area contributed by atoms with Crippen molar-refractivity contribution in [3.05, 3.63) is 51.5 Å². The number of pyridine rings is 1. The summed E-state index contributed by atoms with van der Waals surface area (Å²) in [5, 5.41) is 4.29. The van der Waals surface area contributed by atoms with Crippen molar-refractivity contribution in [1.29, 1.82) is 0 Å². The minimum Gasteiger partial charge on any atom is -0.444 e. The fraction of sp³-hybridized carbons (Fsp3) is 0.348. The second-order valence-corrected chi connectivity index (χ2v) is 10.9. The number of benzene rings is 1. The predicted molar refractivity (Wildman–Crippen MR) is 132 cm³/mol. The van der Waals surface area contributed by atoms with Crippen molar-refractivity contribution in [3.8, 4) is 0 Å². The van der Waals surface area contributed by atoms with Gasteiger partial charge in [-0.15, -0.1) is 0 Å². The van der Waals surface area contributed by atoms with Gasteiger partial charge in [0.15, 0.2) is 5.78 Å². The van der Waals surface area contributed by atoms with Gasteiger partial charge in [0.2, 0.25) is 0 Å². The van der Waals surface area contributed by atoms with Crippen LogP contribution >= 0.6 is 33.9 Å². The van der Waals surface area contributed by atoms with Crippen LogP contribution in [0, 0.1) is 9.39 Å². The first-order valence-corrected chi connectivity index (χ1v) is 12.2. The number of thiophene rings is 1. The summed E-state index contributed by atoms with van der Waals surface area (Å²) in [6.45, 7) is 5.86. The third-order valence-corrected chi connectivity index (χ3v) is 6.78. The van der Waals surface area contributed by atoms with Crippen molar-refractivity contribution >= 4 is 66.7 Å². The van der Waals surface area contributed by atoms with Gasteiger partial charge in [-0.25, -0.2) is 14.2 Å². The molecule has 1 fully saturated rings. The lowest BCUT2D eigenvalue weighted by Crippen LogP contribution is -2.43.